The van der Waals surface area contributed by atoms with Crippen LogP contribution in [0.2, 0.25) is 0 Å². The van der Waals surface area contributed by atoms with Crippen molar-refractivity contribution >= 4 is 17.6 Å². The van der Waals surface area contributed by atoms with E-state index in [9.17, 15) is 9.59 Å². The quantitative estimate of drug-likeness (QED) is 0.943. The molecule has 118 valence electrons. The lowest BCUT2D eigenvalue weighted by Gasteiger charge is -2.34. The lowest BCUT2D eigenvalue weighted by molar-refractivity contribution is -0.142. The third-order valence-corrected chi connectivity index (χ3v) is 3.79. The number of benzene rings is 2. The van der Waals surface area contributed by atoms with Crippen molar-refractivity contribution in [2.45, 2.75) is 26.0 Å². The van der Waals surface area contributed by atoms with Crippen LogP contribution in [0.5, 0.6) is 5.75 Å². The first kappa shape index (κ1) is 15.1. The highest BCUT2D eigenvalue weighted by Gasteiger charge is 2.35. The summed E-state index contributed by atoms with van der Waals surface area (Å²) in [7, 11) is 0. The van der Waals surface area contributed by atoms with E-state index in [0.29, 0.717) is 18.0 Å². The van der Waals surface area contributed by atoms with Crippen LogP contribution < -0.4 is 9.64 Å². The van der Waals surface area contributed by atoms with Crippen molar-refractivity contribution in [2.24, 2.45) is 0 Å². The summed E-state index contributed by atoms with van der Waals surface area (Å²) in [4.78, 5) is 25.2. The number of ether oxygens (including phenoxy) is 1. The molecule has 3 rings (SSSR count). The fourth-order valence-corrected chi connectivity index (χ4v) is 2.60. The van der Waals surface area contributed by atoms with Crippen LogP contribution in [0.25, 0.3) is 0 Å². The van der Waals surface area contributed by atoms with Crippen molar-refractivity contribution in [3.05, 3.63) is 59.7 Å². The molecular weight excluding hydrogens is 294 g/mol. The predicted octanol–water partition coefficient (Wildman–Crippen LogP) is 2.76. The summed E-state index contributed by atoms with van der Waals surface area (Å²) in [6.45, 7) is 2.39. The maximum Gasteiger partial charge on any atom is 0.307 e. The number of carboxylic acid groups (broad SMARTS) is 1. The van der Waals surface area contributed by atoms with E-state index in [2.05, 4.69) is 0 Å². The molecule has 1 N–H and O–H groups in total. The molecule has 0 aromatic heterocycles. The zero-order valence-corrected chi connectivity index (χ0v) is 12.7. The van der Waals surface area contributed by atoms with Crippen molar-refractivity contribution in [1.82, 2.24) is 0 Å². The molecule has 0 spiro atoms. The van der Waals surface area contributed by atoms with E-state index in [0.717, 1.165) is 11.1 Å². The van der Waals surface area contributed by atoms with Crippen LogP contribution in [0.1, 0.15) is 17.5 Å². The number of aliphatic carboxylic acids is 1. The van der Waals surface area contributed by atoms with Gasteiger partial charge >= 0.3 is 5.97 Å². The van der Waals surface area contributed by atoms with Gasteiger partial charge in [0.2, 0.25) is 0 Å². The monoisotopic (exact) mass is 311 g/mol. The molecular formula is C18H17NO4. The topological polar surface area (TPSA) is 66.8 Å². The van der Waals surface area contributed by atoms with E-state index in [4.69, 9.17) is 9.84 Å². The maximum atomic E-state index is 12.6. The Morgan fingerprint density at radius 2 is 1.87 bits per heavy atom. The van der Waals surface area contributed by atoms with Gasteiger partial charge in [-0.25, -0.2) is 0 Å². The lowest BCUT2D eigenvalue weighted by Crippen LogP contribution is -2.46. The Morgan fingerprint density at radius 3 is 2.57 bits per heavy atom. The van der Waals surface area contributed by atoms with Crippen LogP contribution in [0, 0.1) is 6.92 Å². The molecule has 0 bridgehead atoms. The Balaban J connectivity index is 1.93. The van der Waals surface area contributed by atoms with Crippen molar-refractivity contribution in [2.75, 3.05) is 4.90 Å². The number of anilines is 1. The SMILES string of the molecule is Cc1ccc(CN2C(=O)C(CC(=O)O)Oc3ccccc32)cc1. The molecule has 2 aromatic carbocycles. The van der Waals surface area contributed by atoms with Gasteiger partial charge in [-0.2, -0.15) is 0 Å². The van der Waals surface area contributed by atoms with Crippen LogP contribution in [0.15, 0.2) is 48.5 Å². The number of hydrogen-bond donors (Lipinski definition) is 1. The Labute approximate surface area is 134 Å². The molecule has 5 nitrogen and oxygen atoms in total. The third-order valence-electron chi connectivity index (χ3n) is 3.79. The lowest BCUT2D eigenvalue weighted by atomic mass is 10.1. The zero-order chi connectivity index (χ0) is 16.4. The molecule has 0 aliphatic carbocycles. The number of para-hydroxylation sites is 2. The first-order valence-electron chi connectivity index (χ1n) is 7.39. The molecule has 1 aliphatic heterocycles. The summed E-state index contributed by atoms with van der Waals surface area (Å²) in [5.41, 5.74) is 2.79. The van der Waals surface area contributed by atoms with Gasteiger partial charge in [-0.1, -0.05) is 42.0 Å². The summed E-state index contributed by atoms with van der Waals surface area (Å²) in [5, 5.41) is 8.99. The van der Waals surface area contributed by atoms with Crippen LogP contribution in [0.4, 0.5) is 5.69 Å². The molecule has 0 radical (unpaired) electrons. The molecule has 0 saturated heterocycles. The molecule has 1 amide bonds. The smallest absolute Gasteiger partial charge is 0.307 e. The van der Waals surface area contributed by atoms with Crippen molar-refractivity contribution in [3.8, 4) is 5.75 Å². The second-order valence-corrected chi connectivity index (χ2v) is 5.58. The van der Waals surface area contributed by atoms with E-state index in [1.165, 1.54) is 0 Å². The number of aryl methyl sites for hydroxylation is 1. The maximum absolute atomic E-state index is 12.6. The van der Waals surface area contributed by atoms with Gasteiger partial charge in [0.25, 0.3) is 5.91 Å². The van der Waals surface area contributed by atoms with Crippen LogP contribution >= 0.6 is 0 Å². The van der Waals surface area contributed by atoms with Gasteiger partial charge in [-0.15, -0.1) is 0 Å². The molecule has 1 atom stereocenters. The minimum Gasteiger partial charge on any atom is -0.481 e. The molecule has 23 heavy (non-hydrogen) atoms. The Hall–Kier alpha value is -2.82. The van der Waals surface area contributed by atoms with Crippen molar-refractivity contribution in [1.29, 1.82) is 0 Å². The number of carbonyl (C=O) groups excluding carboxylic acids is 1. The summed E-state index contributed by atoms with van der Waals surface area (Å²) >= 11 is 0. The summed E-state index contributed by atoms with van der Waals surface area (Å²) in [6, 6.07) is 15.1. The van der Waals surface area contributed by atoms with Gasteiger partial charge in [0.15, 0.2) is 6.10 Å². The molecule has 1 unspecified atom stereocenters. The van der Waals surface area contributed by atoms with Crippen LogP contribution in [-0.2, 0) is 16.1 Å². The van der Waals surface area contributed by atoms with Gasteiger partial charge < -0.3 is 14.7 Å². The second kappa shape index (κ2) is 6.12. The van der Waals surface area contributed by atoms with Gasteiger partial charge in [0.05, 0.1) is 18.7 Å². The number of nitrogens with zero attached hydrogens (tertiary/aromatic N) is 1. The molecule has 2 aromatic rings. The minimum absolute atomic E-state index is 0.327. The average molecular weight is 311 g/mol. The van der Waals surface area contributed by atoms with E-state index >= 15 is 0 Å². The fraction of sp³-hybridized carbons (Fsp3) is 0.222. The van der Waals surface area contributed by atoms with E-state index in [-0.39, 0.29) is 12.3 Å². The molecule has 5 heteroatoms. The van der Waals surface area contributed by atoms with Crippen LogP contribution in [-0.4, -0.2) is 23.1 Å². The number of amides is 1. The largest absolute Gasteiger partial charge is 0.481 e. The summed E-state index contributed by atoms with van der Waals surface area (Å²) in [5.74, 6) is -0.852. The van der Waals surface area contributed by atoms with Crippen LogP contribution in [0.3, 0.4) is 0 Å². The Kier molecular flexibility index (Phi) is 4.02. The highest BCUT2D eigenvalue weighted by Crippen LogP contribution is 2.35. The Bertz CT molecular complexity index is 739. The van der Waals surface area contributed by atoms with Gasteiger partial charge in [0, 0.05) is 0 Å². The van der Waals surface area contributed by atoms with Crippen molar-refractivity contribution in [3.63, 3.8) is 0 Å². The van der Waals surface area contributed by atoms with Gasteiger partial charge in [-0.3, -0.25) is 9.59 Å². The third kappa shape index (κ3) is 3.18. The molecule has 1 aliphatic rings. The number of hydrogen-bond acceptors (Lipinski definition) is 3. The fourth-order valence-electron chi connectivity index (χ4n) is 2.60. The first-order valence-corrected chi connectivity index (χ1v) is 7.39. The van der Waals surface area contributed by atoms with E-state index in [1.54, 1.807) is 23.1 Å². The van der Waals surface area contributed by atoms with Gasteiger partial charge in [-0.05, 0) is 24.6 Å². The van der Waals surface area contributed by atoms with E-state index < -0.39 is 12.1 Å². The first-order chi connectivity index (χ1) is 11.0. The summed E-state index contributed by atoms with van der Waals surface area (Å²) < 4.78 is 5.57. The molecule has 0 saturated carbocycles. The second-order valence-electron chi connectivity index (χ2n) is 5.58. The zero-order valence-electron chi connectivity index (χ0n) is 12.7. The highest BCUT2D eigenvalue weighted by molar-refractivity contribution is 6.01. The average Bonchev–Trinajstić information content (AvgIpc) is 2.53. The minimum atomic E-state index is -1.06. The number of carboxylic acids is 1. The van der Waals surface area contributed by atoms with Gasteiger partial charge in [0.1, 0.15) is 5.75 Å². The highest BCUT2D eigenvalue weighted by atomic mass is 16.5. The predicted molar refractivity (Wildman–Crippen MR) is 85.5 cm³/mol. The normalized spacial score (nSPS) is 16.7. The number of carbonyl (C=O) groups is 2. The molecule has 0 fully saturated rings. The van der Waals surface area contributed by atoms with E-state index in [1.807, 2.05) is 37.3 Å². The number of rotatable bonds is 4. The number of fused-ring (bicyclic) bond motifs is 1. The standard InChI is InChI=1S/C18H17NO4/c1-12-6-8-13(9-7-12)11-19-14-4-2-3-5-15(14)23-16(18(19)22)10-17(20)21/h2-9,16H,10-11H2,1H3,(H,20,21). The van der Waals surface area contributed by atoms with Crippen molar-refractivity contribution < 1.29 is 19.4 Å². The summed E-state index contributed by atoms with van der Waals surface area (Å²) in [6.07, 6.45) is -1.34. The Morgan fingerprint density at radius 1 is 1.17 bits per heavy atom. The molecule has 1 heterocycles.